The first kappa shape index (κ1) is 16.4. The van der Waals surface area contributed by atoms with Crippen LogP contribution >= 0.6 is 11.6 Å². The lowest BCUT2D eigenvalue weighted by Gasteiger charge is -2.20. The number of rotatable bonds is 6. The second kappa shape index (κ2) is 6.86. The van der Waals surface area contributed by atoms with E-state index in [-0.39, 0.29) is 11.7 Å². The molecule has 1 aliphatic rings. The molecule has 0 aliphatic carbocycles. The highest BCUT2D eigenvalue weighted by molar-refractivity contribution is 6.32. The summed E-state index contributed by atoms with van der Waals surface area (Å²) in [6, 6.07) is 3.84. The molecule has 5 heteroatoms. The summed E-state index contributed by atoms with van der Waals surface area (Å²) in [4.78, 5) is 0. The van der Waals surface area contributed by atoms with Gasteiger partial charge in [0.25, 0.3) is 0 Å². The predicted molar refractivity (Wildman–Crippen MR) is 84.4 cm³/mol. The largest absolute Gasteiger partial charge is 0.493 e. The molecule has 0 bridgehead atoms. The molecule has 0 amide bonds. The van der Waals surface area contributed by atoms with Crippen molar-refractivity contribution >= 4 is 11.6 Å². The molecule has 118 valence electrons. The van der Waals surface area contributed by atoms with Crippen LogP contribution in [0.4, 0.5) is 0 Å². The van der Waals surface area contributed by atoms with Gasteiger partial charge >= 0.3 is 0 Å². The summed E-state index contributed by atoms with van der Waals surface area (Å²) in [5.74, 6) is 1.25. The third-order valence-corrected chi connectivity index (χ3v) is 3.92. The van der Waals surface area contributed by atoms with E-state index in [9.17, 15) is 0 Å². The summed E-state index contributed by atoms with van der Waals surface area (Å²) in [5, 5.41) is 3.66. The minimum Gasteiger partial charge on any atom is -0.493 e. The Kier molecular flexibility index (Phi) is 5.36. The van der Waals surface area contributed by atoms with E-state index < -0.39 is 0 Å². The van der Waals surface area contributed by atoms with Gasteiger partial charge in [-0.15, -0.1) is 0 Å². The first-order valence-electron chi connectivity index (χ1n) is 7.27. The smallest absolute Gasteiger partial charge is 0.179 e. The van der Waals surface area contributed by atoms with Gasteiger partial charge in [-0.1, -0.05) is 11.6 Å². The zero-order valence-electron chi connectivity index (χ0n) is 13.2. The fourth-order valence-corrected chi connectivity index (χ4v) is 2.88. The molecule has 1 fully saturated rings. The number of methoxy groups -OCH3 is 1. The quantitative estimate of drug-likeness (QED) is 0.873. The van der Waals surface area contributed by atoms with Crippen molar-refractivity contribution in [3.05, 3.63) is 22.7 Å². The van der Waals surface area contributed by atoms with E-state index in [1.54, 1.807) is 7.11 Å². The van der Waals surface area contributed by atoms with Crippen molar-refractivity contribution in [2.45, 2.75) is 44.9 Å². The molecular formula is C16H24ClNO3. The molecule has 1 saturated heterocycles. The normalized spacial score (nSPS) is 20.5. The van der Waals surface area contributed by atoms with E-state index in [0.717, 1.165) is 24.9 Å². The Balaban J connectivity index is 2.05. The molecule has 2 rings (SSSR count). The van der Waals surface area contributed by atoms with Crippen LogP contribution in [0.15, 0.2) is 12.1 Å². The Morgan fingerprint density at radius 1 is 1.43 bits per heavy atom. The lowest BCUT2D eigenvalue weighted by Crippen LogP contribution is -2.24. The average Bonchev–Trinajstić information content (AvgIpc) is 2.77. The monoisotopic (exact) mass is 313 g/mol. The third-order valence-electron chi connectivity index (χ3n) is 3.64. The molecule has 1 aromatic carbocycles. The standard InChI is InChI=1S/C16H24ClNO3/c1-16(2)6-5-12(21-16)10-20-15-13(17)7-11(9-18-3)8-14(15)19-4/h7-8,12,18H,5-6,9-10H2,1-4H3. The van der Waals surface area contributed by atoms with Gasteiger partial charge in [-0.25, -0.2) is 0 Å². The van der Waals surface area contributed by atoms with Gasteiger partial charge in [0.1, 0.15) is 6.61 Å². The zero-order chi connectivity index (χ0) is 15.5. The zero-order valence-corrected chi connectivity index (χ0v) is 13.9. The van der Waals surface area contributed by atoms with Crippen molar-refractivity contribution < 1.29 is 14.2 Å². The maximum absolute atomic E-state index is 6.32. The number of hydrogen-bond acceptors (Lipinski definition) is 4. The lowest BCUT2D eigenvalue weighted by molar-refractivity contribution is -0.0328. The van der Waals surface area contributed by atoms with Gasteiger partial charge in [0.2, 0.25) is 0 Å². The van der Waals surface area contributed by atoms with Crippen LogP contribution in [0.25, 0.3) is 0 Å². The molecule has 1 N–H and O–H groups in total. The van der Waals surface area contributed by atoms with Crippen molar-refractivity contribution in [2.75, 3.05) is 20.8 Å². The highest BCUT2D eigenvalue weighted by Crippen LogP contribution is 2.37. The van der Waals surface area contributed by atoms with Gasteiger partial charge in [0.15, 0.2) is 11.5 Å². The Bertz CT molecular complexity index is 491. The van der Waals surface area contributed by atoms with Crippen LogP contribution < -0.4 is 14.8 Å². The summed E-state index contributed by atoms with van der Waals surface area (Å²) < 4.78 is 17.2. The summed E-state index contributed by atoms with van der Waals surface area (Å²) in [6.45, 7) is 5.43. The van der Waals surface area contributed by atoms with E-state index in [2.05, 4.69) is 19.2 Å². The molecule has 1 heterocycles. The first-order chi connectivity index (χ1) is 9.95. The Morgan fingerprint density at radius 2 is 2.19 bits per heavy atom. The summed E-state index contributed by atoms with van der Waals surface area (Å²) in [5.41, 5.74) is 1.00. The van der Waals surface area contributed by atoms with Crippen LogP contribution in [-0.2, 0) is 11.3 Å². The Hall–Kier alpha value is -0.970. The topological polar surface area (TPSA) is 39.7 Å². The highest BCUT2D eigenvalue weighted by Gasteiger charge is 2.32. The maximum atomic E-state index is 6.32. The number of benzene rings is 1. The minimum absolute atomic E-state index is 0.0570. The van der Waals surface area contributed by atoms with Crippen LogP contribution in [0.2, 0.25) is 5.02 Å². The van der Waals surface area contributed by atoms with Crippen LogP contribution in [0.5, 0.6) is 11.5 Å². The maximum Gasteiger partial charge on any atom is 0.179 e. The molecule has 0 aromatic heterocycles. The van der Waals surface area contributed by atoms with Crippen molar-refractivity contribution in [1.29, 1.82) is 0 Å². The van der Waals surface area contributed by atoms with Gasteiger partial charge in [-0.05, 0) is 51.4 Å². The van der Waals surface area contributed by atoms with Crippen molar-refractivity contribution in [3.63, 3.8) is 0 Å². The first-order valence-corrected chi connectivity index (χ1v) is 7.64. The van der Waals surface area contributed by atoms with Crippen molar-refractivity contribution in [1.82, 2.24) is 5.32 Å². The highest BCUT2D eigenvalue weighted by atomic mass is 35.5. The molecular weight excluding hydrogens is 290 g/mol. The van der Waals surface area contributed by atoms with E-state index in [4.69, 9.17) is 25.8 Å². The van der Waals surface area contributed by atoms with Crippen LogP contribution in [0.1, 0.15) is 32.3 Å². The number of ether oxygens (including phenoxy) is 3. The summed E-state index contributed by atoms with van der Waals surface area (Å²) in [7, 11) is 3.51. The fraction of sp³-hybridized carbons (Fsp3) is 0.625. The fourth-order valence-electron chi connectivity index (χ4n) is 2.59. The minimum atomic E-state index is -0.0570. The third kappa shape index (κ3) is 4.25. The van der Waals surface area contributed by atoms with Gasteiger partial charge < -0.3 is 19.5 Å². The second-order valence-corrected chi connectivity index (χ2v) is 6.40. The Morgan fingerprint density at radius 3 is 2.76 bits per heavy atom. The molecule has 0 radical (unpaired) electrons. The van der Waals surface area contributed by atoms with Crippen LogP contribution in [0.3, 0.4) is 0 Å². The molecule has 4 nitrogen and oxygen atoms in total. The molecule has 1 atom stereocenters. The van der Waals surface area contributed by atoms with E-state index in [0.29, 0.717) is 23.1 Å². The lowest BCUT2D eigenvalue weighted by atomic mass is 10.1. The molecule has 0 spiro atoms. The Labute approximate surface area is 131 Å². The molecule has 21 heavy (non-hydrogen) atoms. The average molecular weight is 314 g/mol. The number of halogens is 1. The van der Waals surface area contributed by atoms with E-state index in [1.807, 2.05) is 19.2 Å². The van der Waals surface area contributed by atoms with Crippen LogP contribution in [0, 0.1) is 0 Å². The predicted octanol–water partition coefficient (Wildman–Crippen LogP) is 3.40. The van der Waals surface area contributed by atoms with Crippen molar-refractivity contribution in [2.24, 2.45) is 0 Å². The summed E-state index contributed by atoms with van der Waals surface area (Å²) in [6.07, 6.45) is 2.16. The van der Waals surface area contributed by atoms with Gasteiger partial charge in [-0.2, -0.15) is 0 Å². The van der Waals surface area contributed by atoms with Gasteiger partial charge in [-0.3, -0.25) is 0 Å². The van der Waals surface area contributed by atoms with Crippen LogP contribution in [-0.4, -0.2) is 32.5 Å². The molecule has 1 aromatic rings. The molecule has 1 unspecified atom stereocenters. The van der Waals surface area contributed by atoms with E-state index >= 15 is 0 Å². The van der Waals surface area contributed by atoms with E-state index in [1.165, 1.54) is 0 Å². The summed E-state index contributed by atoms with van der Waals surface area (Å²) >= 11 is 6.32. The number of nitrogens with one attached hydrogen (secondary N) is 1. The molecule has 1 aliphatic heterocycles. The van der Waals surface area contributed by atoms with Gasteiger partial charge in [0.05, 0.1) is 23.8 Å². The SMILES string of the molecule is CNCc1cc(Cl)c(OCC2CCC(C)(C)O2)c(OC)c1. The van der Waals surface area contributed by atoms with Crippen molar-refractivity contribution in [3.8, 4) is 11.5 Å². The van der Waals surface area contributed by atoms with Gasteiger partial charge in [0, 0.05) is 6.54 Å². The second-order valence-electron chi connectivity index (χ2n) is 5.99. The molecule has 0 saturated carbocycles. The number of hydrogen-bond donors (Lipinski definition) is 1.